The van der Waals surface area contributed by atoms with Gasteiger partial charge in [-0.2, -0.15) is 0 Å². The summed E-state index contributed by atoms with van der Waals surface area (Å²) in [5, 5.41) is 0. The van der Waals surface area contributed by atoms with Crippen LogP contribution >= 0.6 is 0 Å². The van der Waals surface area contributed by atoms with E-state index in [0.717, 1.165) is 29.6 Å². The van der Waals surface area contributed by atoms with Crippen molar-refractivity contribution >= 4 is 0 Å². The van der Waals surface area contributed by atoms with Crippen molar-refractivity contribution in [3.05, 3.63) is 0 Å². The van der Waals surface area contributed by atoms with Gasteiger partial charge in [-0.05, 0) is 42.4 Å². The molecule has 3 aliphatic rings. The fourth-order valence-electron chi connectivity index (χ4n) is 5.84. The molecule has 0 radical (unpaired) electrons. The minimum absolute atomic E-state index is 0.992. The molecule has 26 heavy (non-hydrogen) atoms. The average Bonchev–Trinajstić information content (AvgIpc) is 2.88. The highest BCUT2D eigenvalue weighted by molar-refractivity contribution is 4.78. The Morgan fingerprint density at radius 2 is 0.769 bits per heavy atom. The maximum Gasteiger partial charge on any atom is -0.0383 e. The molecule has 3 rings (SSSR count). The van der Waals surface area contributed by atoms with Crippen LogP contribution in [0.3, 0.4) is 0 Å². The van der Waals surface area contributed by atoms with Gasteiger partial charge in [0.2, 0.25) is 0 Å². The molecule has 0 saturated heterocycles. The molecule has 0 aromatic heterocycles. The van der Waals surface area contributed by atoms with Crippen molar-refractivity contribution < 1.29 is 0 Å². The maximum atomic E-state index is 2.50. The average molecular weight is 363 g/mol. The van der Waals surface area contributed by atoms with Crippen molar-refractivity contribution in [2.75, 3.05) is 0 Å². The Labute approximate surface area is 166 Å². The van der Waals surface area contributed by atoms with Crippen LogP contribution in [0.2, 0.25) is 0 Å². The van der Waals surface area contributed by atoms with E-state index in [4.69, 9.17) is 0 Å². The van der Waals surface area contributed by atoms with Crippen molar-refractivity contribution in [1.82, 2.24) is 0 Å². The zero-order chi connectivity index (χ0) is 18.6. The maximum absolute atomic E-state index is 2.50. The molecule has 3 unspecified atom stereocenters. The Morgan fingerprint density at radius 3 is 1.38 bits per heavy atom. The third-order valence-corrected chi connectivity index (χ3v) is 7.85. The van der Waals surface area contributed by atoms with Gasteiger partial charge in [-0.25, -0.2) is 0 Å². The molecule has 0 aliphatic heterocycles. The summed E-state index contributed by atoms with van der Waals surface area (Å²) < 4.78 is 0. The van der Waals surface area contributed by atoms with Gasteiger partial charge in [-0.15, -0.1) is 0 Å². The first-order valence-corrected chi connectivity index (χ1v) is 12.6. The summed E-state index contributed by atoms with van der Waals surface area (Å²) in [6.07, 6.45) is 27.1. The molecule has 0 amide bonds. The van der Waals surface area contributed by atoms with E-state index in [1.807, 2.05) is 0 Å². The van der Waals surface area contributed by atoms with Crippen LogP contribution in [0.15, 0.2) is 0 Å². The Kier molecular flexibility index (Phi) is 11.3. The lowest BCUT2D eigenvalue weighted by Gasteiger charge is -2.32. The van der Waals surface area contributed by atoms with E-state index in [1.54, 1.807) is 12.8 Å². The minimum Gasteiger partial charge on any atom is -0.0625 e. The molecule has 0 heteroatoms. The largest absolute Gasteiger partial charge is 0.0625 e. The Bertz CT molecular complexity index is 317. The monoisotopic (exact) mass is 362 g/mol. The van der Waals surface area contributed by atoms with E-state index < -0.39 is 0 Å². The molecule has 3 saturated carbocycles. The molecular formula is C26H50. The molecule has 0 aromatic carbocycles. The van der Waals surface area contributed by atoms with Crippen LogP contribution in [0.4, 0.5) is 0 Å². The number of hydrogen-bond donors (Lipinski definition) is 0. The summed E-state index contributed by atoms with van der Waals surface area (Å²) in [6.45, 7) is 7.37. The fraction of sp³-hybridized carbons (Fsp3) is 1.00. The predicted molar refractivity (Wildman–Crippen MR) is 118 cm³/mol. The normalized spacial score (nSPS) is 33.6. The molecule has 0 aromatic rings. The predicted octanol–water partition coefficient (Wildman–Crippen LogP) is 9.18. The molecule has 154 valence electrons. The highest BCUT2D eigenvalue weighted by Crippen LogP contribution is 2.38. The number of hydrogen-bond acceptors (Lipinski definition) is 0. The standard InChI is InChI=1S/C17H32.C9H18/c1-14-9-10-15(2)13-17(12-11-14)16-7-5-3-4-6-8-16;1-9-7-5-3-2-4-6-8-9/h14-17H,3-13H2,1-2H3;9H,2-8H2,1H3. The molecular weight excluding hydrogens is 312 g/mol. The topological polar surface area (TPSA) is 0 Å². The van der Waals surface area contributed by atoms with Crippen LogP contribution in [0.25, 0.3) is 0 Å². The molecule has 3 fully saturated rings. The van der Waals surface area contributed by atoms with Crippen LogP contribution < -0.4 is 0 Å². The lowest BCUT2D eigenvalue weighted by atomic mass is 9.74. The van der Waals surface area contributed by atoms with Gasteiger partial charge in [-0.3, -0.25) is 0 Å². The molecule has 0 bridgehead atoms. The molecule has 0 heterocycles. The Balaban J connectivity index is 0.000000228. The van der Waals surface area contributed by atoms with E-state index in [-0.39, 0.29) is 0 Å². The highest BCUT2D eigenvalue weighted by Gasteiger charge is 2.26. The summed E-state index contributed by atoms with van der Waals surface area (Å²) in [5.74, 6) is 5.17. The smallest absolute Gasteiger partial charge is 0.0383 e. The van der Waals surface area contributed by atoms with Gasteiger partial charge in [0.05, 0.1) is 0 Å². The van der Waals surface area contributed by atoms with Crippen LogP contribution in [-0.2, 0) is 0 Å². The first-order chi connectivity index (χ1) is 12.6. The first-order valence-electron chi connectivity index (χ1n) is 12.6. The quantitative estimate of drug-likeness (QED) is 0.408. The van der Waals surface area contributed by atoms with Crippen LogP contribution in [0.5, 0.6) is 0 Å². The summed E-state index contributed by atoms with van der Waals surface area (Å²) in [4.78, 5) is 0. The zero-order valence-corrected chi connectivity index (χ0v) is 18.6. The van der Waals surface area contributed by atoms with Crippen LogP contribution in [-0.4, -0.2) is 0 Å². The van der Waals surface area contributed by atoms with E-state index in [2.05, 4.69) is 20.8 Å². The van der Waals surface area contributed by atoms with Crippen LogP contribution in [0.1, 0.15) is 136 Å². The lowest BCUT2D eigenvalue weighted by molar-refractivity contribution is 0.193. The van der Waals surface area contributed by atoms with E-state index in [1.165, 1.54) is 103 Å². The second kappa shape index (κ2) is 13.2. The molecule has 0 N–H and O–H groups in total. The van der Waals surface area contributed by atoms with Gasteiger partial charge >= 0.3 is 0 Å². The number of rotatable bonds is 1. The summed E-state index contributed by atoms with van der Waals surface area (Å²) >= 11 is 0. The van der Waals surface area contributed by atoms with E-state index in [0.29, 0.717) is 0 Å². The Morgan fingerprint density at radius 1 is 0.346 bits per heavy atom. The molecule has 3 aliphatic carbocycles. The van der Waals surface area contributed by atoms with Gasteiger partial charge in [0.1, 0.15) is 0 Å². The first kappa shape index (κ1) is 22.3. The summed E-state index contributed by atoms with van der Waals surface area (Å²) in [5.41, 5.74) is 0. The van der Waals surface area contributed by atoms with E-state index >= 15 is 0 Å². The Hall–Kier alpha value is 0. The fourth-order valence-corrected chi connectivity index (χ4v) is 5.84. The third-order valence-electron chi connectivity index (χ3n) is 7.85. The highest BCUT2D eigenvalue weighted by atomic mass is 14.3. The van der Waals surface area contributed by atoms with Crippen molar-refractivity contribution in [3.63, 3.8) is 0 Å². The summed E-state index contributed by atoms with van der Waals surface area (Å²) in [7, 11) is 0. The van der Waals surface area contributed by atoms with Gasteiger partial charge in [0.15, 0.2) is 0 Å². The van der Waals surface area contributed by atoms with Gasteiger partial charge in [0, 0.05) is 0 Å². The zero-order valence-electron chi connectivity index (χ0n) is 18.6. The van der Waals surface area contributed by atoms with Crippen molar-refractivity contribution in [2.24, 2.45) is 29.6 Å². The van der Waals surface area contributed by atoms with Crippen molar-refractivity contribution in [2.45, 2.75) is 136 Å². The lowest BCUT2D eigenvalue weighted by Crippen LogP contribution is -2.21. The third kappa shape index (κ3) is 9.27. The summed E-state index contributed by atoms with van der Waals surface area (Å²) in [6, 6.07) is 0. The van der Waals surface area contributed by atoms with Crippen molar-refractivity contribution in [3.8, 4) is 0 Å². The molecule has 0 nitrogen and oxygen atoms in total. The molecule has 0 spiro atoms. The van der Waals surface area contributed by atoms with Crippen LogP contribution in [0, 0.1) is 29.6 Å². The van der Waals surface area contributed by atoms with Gasteiger partial charge < -0.3 is 0 Å². The SMILES string of the molecule is CC1CCC(C)CC(C2CCCCCC2)CC1.CC1CCCCCCC1. The van der Waals surface area contributed by atoms with Crippen molar-refractivity contribution in [1.29, 1.82) is 0 Å². The minimum atomic E-state index is 0.992. The van der Waals surface area contributed by atoms with Gasteiger partial charge in [0.25, 0.3) is 0 Å². The molecule has 3 atom stereocenters. The second-order valence-corrected chi connectivity index (χ2v) is 10.6. The van der Waals surface area contributed by atoms with Gasteiger partial charge in [-0.1, -0.05) is 124 Å². The second-order valence-electron chi connectivity index (χ2n) is 10.6. The van der Waals surface area contributed by atoms with E-state index in [9.17, 15) is 0 Å².